The molecule has 1 saturated carbocycles. The van der Waals surface area contributed by atoms with Gasteiger partial charge in [0.1, 0.15) is 11.5 Å². The quantitative estimate of drug-likeness (QED) is 0.696. The lowest BCUT2D eigenvalue weighted by Crippen LogP contribution is -2.46. The number of ether oxygens (including phenoxy) is 1. The van der Waals surface area contributed by atoms with Crippen LogP contribution in [0.2, 0.25) is 0 Å². The molecule has 3 rings (SSSR count). The Hall–Kier alpha value is -2.38. The van der Waals surface area contributed by atoms with E-state index >= 15 is 0 Å². The monoisotopic (exact) mass is 430 g/mol. The van der Waals surface area contributed by atoms with E-state index in [1.807, 2.05) is 48.5 Å². The van der Waals surface area contributed by atoms with Crippen molar-refractivity contribution in [3.63, 3.8) is 0 Å². The molecule has 0 radical (unpaired) electrons. The van der Waals surface area contributed by atoms with Crippen molar-refractivity contribution in [3.8, 4) is 11.5 Å². The predicted octanol–water partition coefficient (Wildman–Crippen LogP) is 4.69. The minimum Gasteiger partial charge on any atom is -0.457 e. The van der Waals surface area contributed by atoms with Crippen molar-refractivity contribution in [2.24, 2.45) is 5.92 Å². The Morgan fingerprint density at radius 1 is 0.933 bits per heavy atom. The number of para-hydroxylation sites is 1. The first kappa shape index (κ1) is 22.3. The lowest BCUT2D eigenvalue weighted by molar-refractivity contribution is -0.120. The van der Waals surface area contributed by atoms with Gasteiger partial charge in [0.15, 0.2) is 0 Å². The number of amides is 1. The van der Waals surface area contributed by atoms with Crippen LogP contribution in [0.25, 0.3) is 0 Å². The summed E-state index contributed by atoms with van der Waals surface area (Å²) in [5, 5.41) is 2.97. The highest BCUT2D eigenvalue weighted by molar-refractivity contribution is 7.90. The first-order chi connectivity index (χ1) is 14.1. The highest BCUT2D eigenvalue weighted by atomic mass is 32.2. The van der Waals surface area contributed by atoms with E-state index < -0.39 is 14.8 Å². The third kappa shape index (κ3) is 5.83. The number of carbonyl (C=O) groups is 1. The van der Waals surface area contributed by atoms with E-state index in [1.165, 1.54) is 0 Å². The van der Waals surface area contributed by atoms with E-state index in [-0.39, 0.29) is 17.9 Å². The zero-order valence-electron chi connectivity index (χ0n) is 17.7. The minimum atomic E-state index is -3.38. The van der Waals surface area contributed by atoms with Crippen LogP contribution in [0.3, 0.4) is 0 Å². The number of sulfonamides is 1. The van der Waals surface area contributed by atoms with Crippen LogP contribution in [-0.2, 0) is 14.8 Å². The van der Waals surface area contributed by atoms with Gasteiger partial charge in [-0.25, -0.2) is 13.1 Å². The minimum absolute atomic E-state index is 0.0380. The van der Waals surface area contributed by atoms with Crippen molar-refractivity contribution in [3.05, 3.63) is 54.6 Å². The van der Waals surface area contributed by atoms with Gasteiger partial charge in [-0.3, -0.25) is 4.79 Å². The zero-order chi connectivity index (χ0) is 21.8. The van der Waals surface area contributed by atoms with Crippen molar-refractivity contribution in [1.29, 1.82) is 0 Å². The largest absolute Gasteiger partial charge is 0.457 e. The SMILES string of the molecule is CC(C)(C)S(=O)(=O)NC1CCC(C(=O)Nc2cccc(Oc3ccccc3)c2)CC1. The maximum Gasteiger partial charge on any atom is 0.227 e. The molecule has 2 N–H and O–H groups in total. The summed E-state index contributed by atoms with van der Waals surface area (Å²) in [6.45, 7) is 5.05. The summed E-state index contributed by atoms with van der Waals surface area (Å²) >= 11 is 0. The van der Waals surface area contributed by atoms with Gasteiger partial charge in [-0.15, -0.1) is 0 Å². The second-order valence-electron chi connectivity index (χ2n) is 8.71. The maximum absolute atomic E-state index is 12.7. The molecule has 0 unspecified atom stereocenters. The summed E-state index contributed by atoms with van der Waals surface area (Å²) in [6.07, 6.45) is 2.63. The molecule has 1 amide bonds. The van der Waals surface area contributed by atoms with E-state index in [0.29, 0.717) is 37.1 Å². The number of benzene rings is 2. The maximum atomic E-state index is 12.7. The summed E-state index contributed by atoms with van der Waals surface area (Å²) in [4.78, 5) is 12.7. The molecule has 0 atom stereocenters. The number of hydrogen-bond donors (Lipinski definition) is 2. The summed E-state index contributed by atoms with van der Waals surface area (Å²) < 4.78 is 32.5. The third-order valence-electron chi connectivity index (χ3n) is 5.31. The average molecular weight is 431 g/mol. The Kier molecular flexibility index (Phi) is 6.83. The summed E-state index contributed by atoms with van der Waals surface area (Å²) in [5.41, 5.74) is 0.684. The van der Waals surface area contributed by atoms with Crippen LogP contribution < -0.4 is 14.8 Å². The van der Waals surface area contributed by atoms with Gasteiger partial charge in [0.25, 0.3) is 0 Å². The van der Waals surface area contributed by atoms with Crippen LogP contribution in [0.15, 0.2) is 54.6 Å². The molecule has 2 aromatic carbocycles. The molecule has 1 fully saturated rings. The molecule has 6 nitrogen and oxygen atoms in total. The average Bonchev–Trinajstić information content (AvgIpc) is 2.68. The molecular weight excluding hydrogens is 400 g/mol. The van der Waals surface area contributed by atoms with Gasteiger partial charge in [-0.1, -0.05) is 24.3 Å². The summed E-state index contributed by atoms with van der Waals surface area (Å²) in [7, 11) is -3.38. The fourth-order valence-corrected chi connectivity index (χ4v) is 4.40. The number of hydrogen-bond acceptors (Lipinski definition) is 4. The molecule has 0 spiro atoms. The van der Waals surface area contributed by atoms with E-state index in [4.69, 9.17) is 4.74 Å². The topological polar surface area (TPSA) is 84.5 Å². The molecule has 1 aliphatic carbocycles. The Labute approximate surface area is 179 Å². The molecule has 7 heteroatoms. The lowest BCUT2D eigenvalue weighted by atomic mass is 9.86. The van der Waals surface area contributed by atoms with Gasteiger partial charge in [0.2, 0.25) is 15.9 Å². The van der Waals surface area contributed by atoms with Crippen LogP contribution in [0.4, 0.5) is 5.69 Å². The van der Waals surface area contributed by atoms with Gasteiger partial charge in [-0.2, -0.15) is 0 Å². The molecule has 30 heavy (non-hydrogen) atoms. The van der Waals surface area contributed by atoms with Crippen molar-refractivity contribution in [1.82, 2.24) is 4.72 Å². The second-order valence-corrected chi connectivity index (χ2v) is 11.2. The first-order valence-corrected chi connectivity index (χ1v) is 11.8. The number of rotatable bonds is 6. The van der Waals surface area contributed by atoms with E-state index in [0.717, 1.165) is 5.75 Å². The Bertz CT molecular complexity index is 960. The molecule has 1 aliphatic rings. The summed E-state index contributed by atoms with van der Waals surface area (Å²) in [5.74, 6) is 1.22. The van der Waals surface area contributed by atoms with Gasteiger partial charge >= 0.3 is 0 Å². The predicted molar refractivity (Wildman–Crippen MR) is 119 cm³/mol. The number of nitrogens with one attached hydrogen (secondary N) is 2. The van der Waals surface area contributed by atoms with Crippen LogP contribution in [-0.4, -0.2) is 25.1 Å². The van der Waals surface area contributed by atoms with Gasteiger partial charge in [0, 0.05) is 23.7 Å². The van der Waals surface area contributed by atoms with E-state index in [1.54, 1.807) is 26.8 Å². The second kappa shape index (κ2) is 9.18. The van der Waals surface area contributed by atoms with Crippen LogP contribution in [0.1, 0.15) is 46.5 Å². The fraction of sp³-hybridized carbons (Fsp3) is 0.435. The zero-order valence-corrected chi connectivity index (χ0v) is 18.5. The van der Waals surface area contributed by atoms with Gasteiger partial charge < -0.3 is 10.1 Å². The van der Waals surface area contributed by atoms with Gasteiger partial charge in [0.05, 0.1) is 4.75 Å². The van der Waals surface area contributed by atoms with Crippen LogP contribution in [0, 0.1) is 5.92 Å². The molecular formula is C23H30N2O4S. The number of carbonyl (C=O) groups excluding carboxylic acids is 1. The standard InChI is InChI=1S/C23H30N2O4S/c1-23(2,3)30(27,28)25-18-14-12-17(13-15-18)22(26)24-19-8-7-11-21(16-19)29-20-9-5-4-6-10-20/h4-11,16-18,25H,12-15H2,1-3H3,(H,24,26). The molecule has 0 bridgehead atoms. The Morgan fingerprint density at radius 3 is 2.20 bits per heavy atom. The molecule has 2 aromatic rings. The Morgan fingerprint density at radius 2 is 1.57 bits per heavy atom. The van der Waals surface area contributed by atoms with E-state index in [9.17, 15) is 13.2 Å². The normalized spacial score (nSPS) is 19.8. The van der Waals surface area contributed by atoms with Crippen LogP contribution >= 0.6 is 0 Å². The highest BCUT2D eigenvalue weighted by Crippen LogP contribution is 2.29. The smallest absolute Gasteiger partial charge is 0.227 e. The Balaban J connectivity index is 1.53. The molecule has 0 aliphatic heterocycles. The lowest BCUT2D eigenvalue weighted by Gasteiger charge is -2.30. The van der Waals surface area contributed by atoms with Crippen molar-refractivity contribution in [2.45, 2.75) is 57.2 Å². The fourth-order valence-electron chi connectivity index (χ4n) is 3.38. The number of anilines is 1. The van der Waals surface area contributed by atoms with Crippen molar-refractivity contribution in [2.75, 3.05) is 5.32 Å². The molecule has 0 aromatic heterocycles. The van der Waals surface area contributed by atoms with Crippen LogP contribution in [0.5, 0.6) is 11.5 Å². The van der Waals surface area contributed by atoms with Crippen molar-refractivity contribution >= 4 is 21.6 Å². The highest BCUT2D eigenvalue weighted by Gasteiger charge is 2.34. The molecule has 162 valence electrons. The van der Waals surface area contributed by atoms with Crippen molar-refractivity contribution < 1.29 is 17.9 Å². The van der Waals surface area contributed by atoms with Gasteiger partial charge in [-0.05, 0) is 70.7 Å². The summed E-state index contributed by atoms with van der Waals surface area (Å²) in [6, 6.07) is 16.7. The first-order valence-electron chi connectivity index (χ1n) is 10.3. The van der Waals surface area contributed by atoms with E-state index in [2.05, 4.69) is 10.0 Å². The molecule has 0 heterocycles. The molecule has 0 saturated heterocycles. The third-order valence-corrected chi connectivity index (χ3v) is 7.56.